The molecule has 4 heteroatoms. The summed E-state index contributed by atoms with van der Waals surface area (Å²) >= 11 is 0. The van der Waals surface area contributed by atoms with Gasteiger partial charge < -0.3 is 10.2 Å². The van der Waals surface area contributed by atoms with Gasteiger partial charge in [0.2, 0.25) is 0 Å². The largest absolute Gasteiger partial charge is 0.355 e. The van der Waals surface area contributed by atoms with Gasteiger partial charge in [0, 0.05) is 26.2 Å². The van der Waals surface area contributed by atoms with Crippen molar-refractivity contribution in [3.05, 3.63) is 59.5 Å². The van der Waals surface area contributed by atoms with Crippen LogP contribution in [0.5, 0.6) is 0 Å². The van der Waals surface area contributed by atoms with Crippen molar-refractivity contribution in [2.75, 3.05) is 11.9 Å². The summed E-state index contributed by atoms with van der Waals surface area (Å²) in [6, 6.07) is 13.0. The van der Waals surface area contributed by atoms with Crippen LogP contribution in [-0.2, 0) is 13.1 Å². The molecule has 1 N–H and O–H groups in total. The molecule has 0 fully saturated rings. The average molecular weight is 287 g/mol. The zero-order valence-electron chi connectivity index (χ0n) is 12.8. The molecule has 0 bridgehead atoms. The molecule has 2 rings (SSSR count). The van der Waals surface area contributed by atoms with Crippen molar-refractivity contribution in [1.29, 1.82) is 0 Å². The summed E-state index contributed by atoms with van der Waals surface area (Å²) in [5, 5.41) is 3.36. The van der Waals surface area contributed by atoms with Crippen LogP contribution < -0.4 is 10.2 Å². The van der Waals surface area contributed by atoms with Crippen molar-refractivity contribution < 1.29 is 4.39 Å². The molecule has 21 heavy (non-hydrogen) atoms. The molecule has 0 saturated heterocycles. The third-order valence-corrected chi connectivity index (χ3v) is 3.21. The minimum atomic E-state index is -0.207. The summed E-state index contributed by atoms with van der Waals surface area (Å²) in [5.74, 6) is 0.712. The van der Waals surface area contributed by atoms with Gasteiger partial charge in [-0.1, -0.05) is 32.0 Å². The van der Waals surface area contributed by atoms with Gasteiger partial charge in [0.25, 0.3) is 0 Å². The van der Waals surface area contributed by atoms with Crippen molar-refractivity contribution in [3.8, 4) is 0 Å². The molecule has 3 nitrogen and oxygen atoms in total. The highest BCUT2D eigenvalue weighted by Gasteiger charge is 2.05. The Morgan fingerprint density at radius 2 is 1.86 bits per heavy atom. The summed E-state index contributed by atoms with van der Waals surface area (Å²) in [6.45, 7) is 5.69. The first-order valence-electron chi connectivity index (χ1n) is 7.19. The molecular formula is C17H22FN3. The van der Waals surface area contributed by atoms with E-state index < -0.39 is 0 Å². The monoisotopic (exact) mass is 287 g/mol. The standard InChI is InChI=1S/C17H22FN3/c1-13(2)19-11-16-5-4-6-17(20-16)21(3)12-14-7-9-15(18)10-8-14/h4-10,13,19H,11-12H2,1-3H3. The Bertz CT molecular complexity index is 567. The number of pyridine rings is 1. The number of hydrogen-bond donors (Lipinski definition) is 1. The van der Waals surface area contributed by atoms with Gasteiger partial charge in [-0.15, -0.1) is 0 Å². The maximum atomic E-state index is 12.9. The van der Waals surface area contributed by atoms with E-state index in [9.17, 15) is 4.39 Å². The van der Waals surface area contributed by atoms with Crippen molar-refractivity contribution >= 4 is 5.82 Å². The second-order valence-corrected chi connectivity index (χ2v) is 5.51. The molecule has 0 amide bonds. The number of nitrogens with one attached hydrogen (secondary N) is 1. The third-order valence-electron chi connectivity index (χ3n) is 3.21. The lowest BCUT2D eigenvalue weighted by atomic mass is 10.2. The van der Waals surface area contributed by atoms with Crippen molar-refractivity contribution in [2.24, 2.45) is 0 Å². The first-order valence-corrected chi connectivity index (χ1v) is 7.19. The van der Waals surface area contributed by atoms with Crippen LogP contribution in [0.2, 0.25) is 0 Å². The van der Waals surface area contributed by atoms with Crippen molar-refractivity contribution in [3.63, 3.8) is 0 Å². The molecule has 1 aromatic heterocycles. The van der Waals surface area contributed by atoms with Crippen LogP contribution >= 0.6 is 0 Å². The van der Waals surface area contributed by atoms with E-state index in [2.05, 4.69) is 29.0 Å². The summed E-state index contributed by atoms with van der Waals surface area (Å²) in [5.41, 5.74) is 2.08. The molecule has 0 unspecified atom stereocenters. The second-order valence-electron chi connectivity index (χ2n) is 5.51. The zero-order valence-corrected chi connectivity index (χ0v) is 12.8. The van der Waals surface area contributed by atoms with E-state index in [4.69, 9.17) is 0 Å². The molecule has 0 aliphatic heterocycles. The normalized spacial score (nSPS) is 10.9. The number of rotatable bonds is 6. The molecule has 1 aromatic carbocycles. The van der Waals surface area contributed by atoms with E-state index in [1.54, 1.807) is 12.1 Å². The van der Waals surface area contributed by atoms with Gasteiger partial charge in [0.05, 0.1) is 5.69 Å². The molecule has 0 saturated carbocycles. The highest BCUT2D eigenvalue weighted by atomic mass is 19.1. The first kappa shape index (κ1) is 15.4. The third kappa shape index (κ3) is 4.83. The smallest absolute Gasteiger partial charge is 0.128 e. The zero-order chi connectivity index (χ0) is 15.2. The van der Waals surface area contributed by atoms with Gasteiger partial charge >= 0.3 is 0 Å². The van der Waals surface area contributed by atoms with E-state index in [-0.39, 0.29) is 5.82 Å². The number of halogens is 1. The van der Waals surface area contributed by atoms with E-state index in [0.717, 1.165) is 23.6 Å². The lowest BCUT2D eigenvalue weighted by Crippen LogP contribution is -2.23. The molecule has 0 aliphatic rings. The van der Waals surface area contributed by atoms with Crippen LogP contribution in [0.1, 0.15) is 25.1 Å². The molecule has 0 radical (unpaired) electrons. The van der Waals surface area contributed by atoms with Crippen LogP contribution in [0.15, 0.2) is 42.5 Å². The fraction of sp³-hybridized carbons (Fsp3) is 0.353. The second kappa shape index (κ2) is 7.18. The van der Waals surface area contributed by atoms with E-state index in [0.29, 0.717) is 12.6 Å². The van der Waals surface area contributed by atoms with Crippen LogP contribution in [-0.4, -0.2) is 18.1 Å². The molecule has 0 aliphatic carbocycles. The molecule has 112 valence electrons. The molecule has 0 spiro atoms. The summed E-state index contributed by atoms with van der Waals surface area (Å²) in [7, 11) is 1.99. The maximum absolute atomic E-state index is 12.9. The predicted molar refractivity (Wildman–Crippen MR) is 84.7 cm³/mol. The number of anilines is 1. The molecule has 1 heterocycles. The van der Waals surface area contributed by atoms with Crippen LogP contribution in [0, 0.1) is 5.82 Å². The summed E-state index contributed by atoms with van der Waals surface area (Å²) in [6.07, 6.45) is 0. The summed E-state index contributed by atoms with van der Waals surface area (Å²) < 4.78 is 12.9. The molecule has 2 aromatic rings. The highest BCUT2D eigenvalue weighted by Crippen LogP contribution is 2.14. The Balaban J connectivity index is 2.03. The number of aromatic nitrogens is 1. The van der Waals surface area contributed by atoms with E-state index in [1.165, 1.54) is 12.1 Å². The fourth-order valence-corrected chi connectivity index (χ4v) is 2.03. The van der Waals surface area contributed by atoms with Gasteiger partial charge in [-0.25, -0.2) is 9.37 Å². The average Bonchev–Trinajstić information content (AvgIpc) is 2.48. The topological polar surface area (TPSA) is 28.2 Å². The van der Waals surface area contributed by atoms with Gasteiger partial charge in [-0.05, 0) is 29.8 Å². The van der Waals surface area contributed by atoms with E-state index in [1.807, 2.05) is 25.2 Å². The minimum Gasteiger partial charge on any atom is -0.355 e. The fourth-order valence-electron chi connectivity index (χ4n) is 2.03. The SMILES string of the molecule is CC(C)NCc1cccc(N(C)Cc2ccc(F)cc2)n1. The Morgan fingerprint density at radius 3 is 2.52 bits per heavy atom. The van der Waals surface area contributed by atoms with Crippen LogP contribution in [0.4, 0.5) is 10.2 Å². The maximum Gasteiger partial charge on any atom is 0.128 e. The predicted octanol–water partition coefficient (Wildman–Crippen LogP) is 3.36. The van der Waals surface area contributed by atoms with Crippen molar-refractivity contribution in [1.82, 2.24) is 10.3 Å². The van der Waals surface area contributed by atoms with Crippen LogP contribution in [0.25, 0.3) is 0 Å². The quantitative estimate of drug-likeness (QED) is 0.883. The Hall–Kier alpha value is -1.94. The highest BCUT2D eigenvalue weighted by molar-refractivity contribution is 5.39. The summed E-state index contributed by atoms with van der Waals surface area (Å²) in [4.78, 5) is 6.71. The first-order chi connectivity index (χ1) is 10.0. The lowest BCUT2D eigenvalue weighted by Gasteiger charge is -2.19. The van der Waals surface area contributed by atoms with Crippen LogP contribution in [0.3, 0.4) is 0 Å². The van der Waals surface area contributed by atoms with Gasteiger partial charge in [-0.3, -0.25) is 0 Å². The number of benzene rings is 1. The number of hydrogen-bond acceptors (Lipinski definition) is 3. The molecular weight excluding hydrogens is 265 g/mol. The Labute approximate surface area is 125 Å². The Morgan fingerprint density at radius 1 is 1.14 bits per heavy atom. The Kier molecular flexibility index (Phi) is 5.28. The van der Waals surface area contributed by atoms with Gasteiger partial charge in [0.15, 0.2) is 0 Å². The lowest BCUT2D eigenvalue weighted by molar-refractivity contribution is 0.581. The van der Waals surface area contributed by atoms with Crippen molar-refractivity contribution in [2.45, 2.75) is 33.0 Å². The minimum absolute atomic E-state index is 0.207. The van der Waals surface area contributed by atoms with Gasteiger partial charge in [0.1, 0.15) is 11.6 Å². The number of nitrogens with zero attached hydrogens (tertiary/aromatic N) is 2. The van der Waals surface area contributed by atoms with E-state index >= 15 is 0 Å². The molecule has 0 atom stereocenters. The van der Waals surface area contributed by atoms with Gasteiger partial charge in [-0.2, -0.15) is 0 Å².